The van der Waals surface area contributed by atoms with E-state index in [0.29, 0.717) is 25.9 Å². The molecule has 0 aromatic rings. The average molecular weight is 283 g/mol. The normalized spacial score (nSPS) is 24.6. The summed E-state index contributed by atoms with van der Waals surface area (Å²) in [7, 11) is 0. The van der Waals surface area contributed by atoms with Crippen molar-refractivity contribution in [2.45, 2.75) is 65.1 Å². The summed E-state index contributed by atoms with van der Waals surface area (Å²) < 4.78 is 11.0. The fourth-order valence-electron chi connectivity index (χ4n) is 2.95. The minimum atomic E-state index is -0.478. The molecule has 0 aromatic heterocycles. The van der Waals surface area contributed by atoms with Crippen LogP contribution >= 0.6 is 0 Å². The van der Waals surface area contributed by atoms with Crippen LogP contribution in [0.25, 0.3) is 0 Å². The minimum absolute atomic E-state index is 0.122. The Kier molecular flexibility index (Phi) is 3.51. The predicted octanol–water partition coefficient (Wildman–Crippen LogP) is 2.73. The number of carbonyl (C=O) groups is 2. The molecule has 2 aliphatic rings. The van der Waals surface area contributed by atoms with Gasteiger partial charge >= 0.3 is 12.1 Å². The van der Waals surface area contributed by atoms with Gasteiger partial charge < -0.3 is 14.4 Å². The van der Waals surface area contributed by atoms with Gasteiger partial charge in [-0.05, 0) is 34.6 Å². The first kappa shape index (κ1) is 15.1. The van der Waals surface area contributed by atoms with E-state index in [1.807, 2.05) is 34.6 Å². The smallest absolute Gasteiger partial charge is 0.410 e. The van der Waals surface area contributed by atoms with Crippen LogP contribution in [0.3, 0.4) is 0 Å². The van der Waals surface area contributed by atoms with Gasteiger partial charge in [-0.15, -0.1) is 0 Å². The molecule has 0 aromatic carbocycles. The second-order valence-electron chi connectivity index (χ2n) is 7.60. The summed E-state index contributed by atoms with van der Waals surface area (Å²) in [5, 5.41) is 0. The van der Waals surface area contributed by atoms with Crippen molar-refractivity contribution in [2.24, 2.45) is 5.41 Å². The van der Waals surface area contributed by atoms with Crippen molar-refractivity contribution in [1.82, 2.24) is 4.90 Å². The van der Waals surface area contributed by atoms with Gasteiger partial charge in [-0.1, -0.05) is 0 Å². The van der Waals surface area contributed by atoms with Crippen molar-refractivity contribution in [3.05, 3.63) is 0 Å². The molecule has 2 fully saturated rings. The highest BCUT2D eigenvalue weighted by Gasteiger charge is 2.52. The van der Waals surface area contributed by atoms with E-state index in [-0.39, 0.29) is 17.7 Å². The van der Waals surface area contributed by atoms with Crippen LogP contribution in [0.4, 0.5) is 4.79 Å². The van der Waals surface area contributed by atoms with Crippen molar-refractivity contribution in [3.8, 4) is 0 Å². The first-order valence-corrected chi connectivity index (χ1v) is 7.25. The maximum absolute atomic E-state index is 12.0. The van der Waals surface area contributed by atoms with Gasteiger partial charge in [0.05, 0.1) is 5.41 Å². The Morgan fingerprint density at radius 3 is 2.20 bits per heavy atom. The van der Waals surface area contributed by atoms with Gasteiger partial charge in [0.2, 0.25) is 0 Å². The van der Waals surface area contributed by atoms with E-state index in [0.717, 1.165) is 6.42 Å². The molecule has 0 unspecified atom stereocenters. The highest BCUT2D eigenvalue weighted by atomic mass is 16.6. The van der Waals surface area contributed by atoms with Gasteiger partial charge in [-0.3, -0.25) is 4.79 Å². The number of hydrogen-bond acceptors (Lipinski definition) is 4. The molecule has 0 saturated carbocycles. The number of hydrogen-bond donors (Lipinski definition) is 0. The van der Waals surface area contributed by atoms with Crippen LogP contribution < -0.4 is 0 Å². The number of esters is 1. The van der Waals surface area contributed by atoms with Crippen LogP contribution in [-0.2, 0) is 14.3 Å². The molecule has 2 saturated heterocycles. The van der Waals surface area contributed by atoms with Gasteiger partial charge in [-0.2, -0.15) is 0 Å². The van der Waals surface area contributed by atoms with Gasteiger partial charge in [0.1, 0.15) is 11.2 Å². The molecule has 2 heterocycles. The highest BCUT2D eigenvalue weighted by molar-refractivity contribution is 5.79. The number of ether oxygens (including phenoxy) is 2. The second kappa shape index (κ2) is 4.64. The number of likely N-dealkylation sites (tertiary alicyclic amines) is 1. The second-order valence-corrected chi connectivity index (χ2v) is 7.60. The molecule has 0 atom stereocenters. The lowest BCUT2D eigenvalue weighted by atomic mass is 9.79. The van der Waals surface area contributed by atoms with E-state index in [9.17, 15) is 9.59 Å². The van der Waals surface area contributed by atoms with Gasteiger partial charge in [0, 0.05) is 32.4 Å². The van der Waals surface area contributed by atoms with Crippen LogP contribution in [0.5, 0.6) is 0 Å². The molecule has 0 aliphatic carbocycles. The monoisotopic (exact) mass is 283 g/mol. The van der Waals surface area contributed by atoms with E-state index >= 15 is 0 Å². The summed E-state index contributed by atoms with van der Waals surface area (Å²) in [5.74, 6) is -0.122. The molecular formula is C15H25NO4. The largest absolute Gasteiger partial charge is 0.458 e. The third-order valence-corrected chi connectivity index (χ3v) is 3.95. The average Bonchev–Trinajstić information content (AvgIpc) is 2.47. The number of amides is 1. The zero-order valence-electron chi connectivity index (χ0n) is 13.1. The van der Waals surface area contributed by atoms with E-state index in [1.165, 1.54) is 0 Å². The summed E-state index contributed by atoms with van der Waals surface area (Å²) in [6, 6.07) is 0. The molecule has 0 N–H and O–H groups in total. The maximum Gasteiger partial charge on any atom is 0.410 e. The number of nitrogens with zero attached hydrogens (tertiary/aromatic N) is 1. The van der Waals surface area contributed by atoms with Crippen molar-refractivity contribution < 1.29 is 19.1 Å². The zero-order chi connectivity index (χ0) is 15.2. The zero-order valence-corrected chi connectivity index (χ0v) is 13.1. The molecular weight excluding hydrogens is 258 g/mol. The summed E-state index contributed by atoms with van der Waals surface area (Å²) in [6.07, 6.45) is 1.85. The van der Waals surface area contributed by atoms with Crippen LogP contribution in [0.1, 0.15) is 53.9 Å². The molecule has 2 rings (SSSR count). The lowest BCUT2D eigenvalue weighted by molar-refractivity contribution is -0.155. The van der Waals surface area contributed by atoms with Gasteiger partial charge in [0.25, 0.3) is 0 Å². The molecule has 1 spiro atoms. The third-order valence-electron chi connectivity index (χ3n) is 3.95. The van der Waals surface area contributed by atoms with Crippen LogP contribution in [0.15, 0.2) is 0 Å². The molecule has 0 bridgehead atoms. The van der Waals surface area contributed by atoms with Gasteiger partial charge in [0.15, 0.2) is 0 Å². The first-order valence-electron chi connectivity index (χ1n) is 7.25. The summed E-state index contributed by atoms with van der Waals surface area (Å²) in [4.78, 5) is 25.6. The van der Waals surface area contributed by atoms with Crippen LogP contribution in [-0.4, -0.2) is 41.3 Å². The molecule has 20 heavy (non-hydrogen) atoms. The third kappa shape index (κ3) is 3.07. The molecule has 2 aliphatic heterocycles. The Bertz CT molecular complexity index is 414. The van der Waals surface area contributed by atoms with Crippen LogP contribution in [0, 0.1) is 5.41 Å². The topological polar surface area (TPSA) is 55.8 Å². The fraction of sp³-hybridized carbons (Fsp3) is 0.867. The Hall–Kier alpha value is -1.26. The molecule has 114 valence electrons. The molecule has 0 radical (unpaired) electrons. The maximum atomic E-state index is 12.0. The predicted molar refractivity (Wildman–Crippen MR) is 74.3 cm³/mol. The van der Waals surface area contributed by atoms with Gasteiger partial charge in [-0.25, -0.2) is 4.79 Å². The summed E-state index contributed by atoms with van der Waals surface area (Å²) in [5.41, 5.74) is -1.26. The Balaban J connectivity index is 1.94. The first-order chi connectivity index (χ1) is 9.03. The number of carbonyl (C=O) groups excluding carboxylic acids is 2. The SMILES string of the molecule is CC(C)(C)OC(=O)N1CCC2(CC1)CC(C)(C)C(=O)O2. The van der Waals surface area contributed by atoms with Crippen molar-refractivity contribution in [1.29, 1.82) is 0 Å². The Morgan fingerprint density at radius 1 is 1.25 bits per heavy atom. The van der Waals surface area contributed by atoms with E-state index in [2.05, 4.69) is 0 Å². The quantitative estimate of drug-likeness (QED) is 0.641. The Morgan fingerprint density at radius 2 is 1.80 bits per heavy atom. The van der Waals surface area contributed by atoms with Crippen molar-refractivity contribution in [2.75, 3.05) is 13.1 Å². The number of piperidine rings is 1. The lowest BCUT2D eigenvalue weighted by Crippen LogP contribution is -2.48. The lowest BCUT2D eigenvalue weighted by Gasteiger charge is -2.38. The Labute approximate surface area is 120 Å². The van der Waals surface area contributed by atoms with Crippen molar-refractivity contribution >= 4 is 12.1 Å². The van der Waals surface area contributed by atoms with E-state index in [1.54, 1.807) is 4.90 Å². The van der Waals surface area contributed by atoms with E-state index in [4.69, 9.17) is 9.47 Å². The summed E-state index contributed by atoms with van der Waals surface area (Å²) >= 11 is 0. The van der Waals surface area contributed by atoms with Crippen LogP contribution in [0.2, 0.25) is 0 Å². The highest BCUT2D eigenvalue weighted by Crippen LogP contribution is 2.45. The van der Waals surface area contributed by atoms with Crippen molar-refractivity contribution in [3.63, 3.8) is 0 Å². The molecule has 1 amide bonds. The number of rotatable bonds is 0. The molecule has 5 heteroatoms. The summed E-state index contributed by atoms with van der Waals surface area (Å²) in [6.45, 7) is 10.6. The fourth-order valence-corrected chi connectivity index (χ4v) is 2.95. The molecule has 5 nitrogen and oxygen atoms in total. The standard InChI is InChI=1S/C15H25NO4/c1-13(2,3)20-12(18)16-8-6-15(7-9-16)10-14(4,5)11(17)19-15/h6-10H2,1-5H3. The minimum Gasteiger partial charge on any atom is -0.458 e. The van der Waals surface area contributed by atoms with E-state index < -0.39 is 11.0 Å².